The Kier molecular flexibility index (Phi) is 4.05. The second kappa shape index (κ2) is 4.93. The van der Waals surface area contributed by atoms with Crippen molar-refractivity contribution in [3.8, 4) is 0 Å². The molecule has 1 unspecified atom stereocenters. The van der Waals surface area contributed by atoms with E-state index in [0.29, 0.717) is 0 Å². The minimum atomic E-state index is -0.204. The molecule has 0 amide bonds. The van der Waals surface area contributed by atoms with Gasteiger partial charge in [-0.3, -0.25) is 0 Å². The molecule has 1 aromatic carbocycles. The van der Waals surface area contributed by atoms with Gasteiger partial charge in [-0.05, 0) is 52.1 Å². The lowest BCUT2D eigenvalue weighted by molar-refractivity contribution is 0.158. The quantitative estimate of drug-likeness (QED) is 0.848. The first-order chi connectivity index (χ1) is 7.34. The lowest BCUT2D eigenvalue weighted by Crippen LogP contribution is -2.54. The highest BCUT2D eigenvalue weighted by Gasteiger charge is 2.28. The van der Waals surface area contributed by atoms with Crippen LogP contribution < -0.4 is 5.73 Å². The van der Waals surface area contributed by atoms with Gasteiger partial charge in [0.05, 0.1) is 0 Å². The van der Waals surface area contributed by atoms with Gasteiger partial charge in [-0.2, -0.15) is 0 Å². The smallest absolute Gasteiger partial charge is 0.123 e. The molecule has 0 aromatic heterocycles. The Hall–Kier alpha value is -0.930. The highest BCUT2D eigenvalue weighted by atomic mass is 19.1. The van der Waals surface area contributed by atoms with Gasteiger partial charge in [0.2, 0.25) is 0 Å². The van der Waals surface area contributed by atoms with Crippen LogP contribution in [0.5, 0.6) is 0 Å². The first-order valence-corrected chi connectivity index (χ1v) is 5.51. The van der Waals surface area contributed by atoms with Crippen LogP contribution in [0.1, 0.15) is 19.4 Å². The summed E-state index contributed by atoms with van der Waals surface area (Å²) in [6.07, 6.45) is 0.755. The molecule has 0 radical (unpaired) electrons. The van der Waals surface area contributed by atoms with Crippen molar-refractivity contribution in [2.45, 2.75) is 31.8 Å². The monoisotopic (exact) mass is 224 g/mol. The van der Waals surface area contributed by atoms with E-state index in [2.05, 4.69) is 18.7 Å². The Bertz CT molecular complexity index is 330. The minimum Gasteiger partial charge on any atom is -0.326 e. The van der Waals surface area contributed by atoms with E-state index in [4.69, 9.17) is 5.73 Å². The van der Waals surface area contributed by atoms with Gasteiger partial charge in [0.1, 0.15) is 5.82 Å². The van der Waals surface area contributed by atoms with Crippen LogP contribution in [0.25, 0.3) is 0 Å². The lowest BCUT2D eigenvalue weighted by Gasteiger charge is -2.38. The zero-order valence-electron chi connectivity index (χ0n) is 10.5. The van der Waals surface area contributed by atoms with Gasteiger partial charge in [-0.25, -0.2) is 4.39 Å². The fraction of sp³-hybridized carbons (Fsp3) is 0.538. The number of likely N-dealkylation sites (N-methyl/N-ethyl adjacent to an activating group) is 1. The van der Waals surface area contributed by atoms with Crippen molar-refractivity contribution < 1.29 is 4.39 Å². The molecule has 0 saturated carbocycles. The second-order valence-corrected chi connectivity index (χ2v) is 4.99. The molecule has 0 aliphatic rings. The summed E-state index contributed by atoms with van der Waals surface area (Å²) < 4.78 is 12.7. The van der Waals surface area contributed by atoms with E-state index in [-0.39, 0.29) is 17.4 Å². The van der Waals surface area contributed by atoms with E-state index >= 15 is 0 Å². The van der Waals surface area contributed by atoms with Crippen molar-refractivity contribution in [1.82, 2.24) is 4.90 Å². The molecule has 1 atom stereocenters. The fourth-order valence-corrected chi connectivity index (χ4v) is 1.46. The molecule has 0 heterocycles. The van der Waals surface area contributed by atoms with Crippen molar-refractivity contribution in [2.75, 3.05) is 14.1 Å². The van der Waals surface area contributed by atoms with Gasteiger partial charge in [0.25, 0.3) is 0 Å². The van der Waals surface area contributed by atoms with Crippen LogP contribution in [0.2, 0.25) is 0 Å². The van der Waals surface area contributed by atoms with Crippen molar-refractivity contribution in [2.24, 2.45) is 5.73 Å². The summed E-state index contributed by atoms with van der Waals surface area (Å²) in [5, 5.41) is 0. The fourth-order valence-electron chi connectivity index (χ4n) is 1.46. The van der Waals surface area contributed by atoms with Crippen molar-refractivity contribution in [1.29, 1.82) is 0 Å². The average molecular weight is 224 g/mol. The zero-order chi connectivity index (χ0) is 12.3. The summed E-state index contributed by atoms with van der Waals surface area (Å²) in [6.45, 7) is 4.22. The molecule has 16 heavy (non-hydrogen) atoms. The van der Waals surface area contributed by atoms with Crippen LogP contribution in [0, 0.1) is 5.82 Å². The zero-order valence-corrected chi connectivity index (χ0v) is 10.5. The predicted molar refractivity (Wildman–Crippen MR) is 65.8 cm³/mol. The van der Waals surface area contributed by atoms with Gasteiger partial charge in [0.15, 0.2) is 0 Å². The maximum Gasteiger partial charge on any atom is 0.123 e. The SMILES string of the molecule is CN(C)C(C)(C)C(N)Cc1ccc(F)cc1. The average Bonchev–Trinajstić information content (AvgIpc) is 2.21. The van der Waals surface area contributed by atoms with Crippen molar-refractivity contribution in [3.05, 3.63) is 35.6 Å². The topological polar surface area (TPSA) is 29.3 Å². The second-order valence-electron chi connectivity index (χ2n) is 4.99. The van der Waals surface area contributed by atoms with Gasteiger partial charge in [-0.1, -0.05) is 12.1 Å². The maximum atomic E-state index is 12.7. The molecular formula is C13H21FN2. The molecule has 1 rings (SSSR count). The first kappa shape index (κ1) is 13.1. The number of nitrogens with two attached hydrogens (primary N) is 1. The van der Waals surface area contributed by atoms with E-state index in [1.807, 2.05) is 14.1 Å². The van der Waals surface area contributed by atoms with Gasteiger partial charge in [0, 0.05) is 11.6 Å². The Labute approximate surface area is 97.3 Å². The Morgan fingerprint density at radius 2 is 1.75 bits per heavy atom. The van der Waals surface area contributed by atoms with Crippen molar-refractivity contribution >= 4 is 0 Å². The molecule has 0 fully saturated rings. The van der Waals surface area contributed by atoms with Crippen LogP contribution in [0.15, 0.2) is 24.3 Å². The maximum absolute atomic E-state index is 12.7. The number of hydrogen-bond acceptors (Lipinski definition) is 2. The van der Waals surface area contributed by atoms with E-state index < -0.39 is 0 Å². The summed E-state index contributed by atoms with van der Waals surface area (Å²) in [7, 11) is 4.04. The summed E-state index contributed by atoms with van der Waals surface area (Å²) in [4.78, 5) is 2.11. The van der Waals surface area contributed by atoms with Crippen LogP contribution in [0.4, 0.5) is 4.39 Å². The van der Waals surface area contributed by atoms with Crippen molar-refractivity contribution in [3.63, 3.8) is 0 Å². The molecule has 1 aromatic rings. The van der Waals surface area contributed by atoms with Crippen LogP contribution in [0.3, 0.4) is 0 Å². The third-order valence-corrected chi connectivity index (χ3v) is 3.43. The van der Waals surface area contributed by atoms with Gasteiger partial charge < -0.3 is 10.6 Å². The van der Waals surface area contributed by atoms with Crippen LogP contribution in [-0.2, 0) is 6.42 Å². The molecule has 0 aliphatic heterocycles. The van der Waals surface area contributed by atoms with Gasteiger partial charge >= 0.3 is 0 Å². The number of hydrogen-bond donors (Lipinski definition) is 1. The summed E-state index contributed by atoms with van der Waals surface area (Å²) in [5.74, 6) is -0.204. The van der Waals surface area contributed by atoms with E-state index in [9.17, 15) is 4.39 Å². The molecule has 3 heteroatoms. The van der Waals surface area contributed by atoms with Gasteiger partial charge in [-0.15, -0.1) is 0 Å². The standard InChI is InChI=1S/C13H21FN2/c1-13(2,16(3)4)12(15)9-10-5-7-11(14)8-6-10/h5-8,12H,9,15H2,1-4H3. The molecule has 0 saturated heterocycles. The van der Waals surface area contributed by atoms with E-state index in [0.717, 1.165) is 12.0 Å². The molecule has 2 N–H and O–H groups in total. The lowest BCUT2D eigenvalue weighted by atomic mass is 9.89. The molecule has 90 valence electrons. The highest BCUT2D eigenvalue weighted by molar-refractivity contribution is 5.18. The normalized spacial score (nSPS) is 14.2. The summed E-state index contributed by atoms with van der Waals surface area (Å²) in [6, 6.07) is 6.56. The number of nitrogens with zero attached hydrogens (tertiary/aromatic N) is 1. The Morgan fingerprint density at radius 1 is 1.25 bits per heavy atom. The number of halogens is 1. The third-order valence-electron chi connectivity index (χ3n) is 3.43. The number of benzene rings is 1. The minimum absolute atomic E-state index is 0.0213. The highest BCUT2D eigenvalue weighted by Crippen LogP contribution is 2.17. The first-order valence-electron chi connectivity index (χ1n) is 5.51. The largest absolute Gasteiger partial charge is 0.326 e. The molecule has 0 spiro atoms. The Morgan fingerprint density at radius 3 is 2.19 bits per heavy atom. The number of rotatable bonds is 4. The molecule has 2 nitrogen and oxygen atoms in total. The molecule has 0 aliphatic carbocycles. The van der Waals surface area contributed by atoms with Crippen LogP contribution >= 0.6 is 0 Å². The molecule has 0 bridgehead atoms. The van der Waals surface area contributed by atoms with Crippen LogP contribution in [-0.4, -0.2) is 30.6 Å². The molecular weight excluding hydrogens is 203 g/mol. The summed E-state index contributed by atoms with van der Waals surface area (Å²) >= 11 is 0. The predicted octanol–water partition coefficient (Wildman–Crippen LogP) is 2.04. The van der Waals surface area contributed by atoms with E-state index in [1.54, 1.807) is 12.1 Å². The summed E-state index contributed by atoms with van der Waals surface area (Å²) in [5.41, 5.74) is 7.19. The van der Waals surface area contributed by atoms with E-state index in [1.165, 1.54) is 12.1 Å². The third kappa shape index (κ3) is 3.03. The Balaban J connectivity index is 2.71.